The van der Waals surface area contributed by atoms with Crippen LogP contribution in [0.2, 0.25) is 5.02 Å². The van der Waals surface area contributed by atoms with E-state index in [0.29, 0.717) is 17.3 Å². The fraction of sp³-hybridized carbons (Fsp3) is 0.652. The smallest absolute Gasteiger partial charge is 0.331 e. The van der Waals surface area contributed by atoms with E-state index in [9.17, 15) is 9.59 Å². The number of carbonyl (C=O) groups excluding carboxylic acids is 2. The zero-order valence-electron chi connectivity index (χ0n) is 17.4. The van der Waals surface area contributed by atoms with Gasteiger partial charge in [0.1, 0.15) is 0 Å². The molecule has 4 aliphatic rings. The van der Waals surface area contributed by atoms with Gasteiger partial charge in [-0.3, -0.25) is 4.79 Å². The van der Waals surface area contributed by atoms with Crippen molar-refractivity contribution in [3.63, 3.8) is 0 Å². The summed E-state index contributed by atoms with van der Waals surface area (Å²) in [5.41, 5.74) is 0.569. The van der Waals surface area contributed by atoms with Crippen molar-refractivity contribution in [1.82, 2.24) is 10.2 Å². The van der Waals surface area contributed by atoms with Crippen LogP contribution < -0.4 is 10.2 Å². The zero-order chi connectivity index (χ0) is 20.8. The molecular weight excluding hydrogens is 402 g/mol. The third-order valence-corrected chi connectivity index (χ3v) is 7.91. The van der Waals surface area contributed by atoms with Crippen LogP contribution in [0.4, 0.5) is 10.5 Å². The lowest BCUT2D eigenvalue weighted by Crippen LogP contribution is -2.73. The molecule has 1 N–H and O–H groups in total. The molecule has 0 bridgehead atoms. The second-order valence-electron chi connectivity index (χ2n) is 9.18. The van der Waals surface area contributed by atoms with Gasteiger partial charge in [-0.05, 0) is 49.8 Å². The number of amides is 3. The van der Waals surface area contributed by atoms with Crippen LogP contribution in [-0.4, -0.2) is 54.7 Å². The minimum atomic E-state index is -0.237. The van der Waals surface area contributed by atoms with Gasteiger partial charge in [0, 0.05) is 30.8 Å². The number of nitrogens with one attached hydrogen (secondary N) is 1. The van der Waals surface area contributed by atoms with Crippen LogP contribution in [0.25, 0.3) is 0 Å². The van der Waals surface area contributed by atoms with Crippen molar-refractivity contribution in [2.24, 2.45) is 11.8 Å². The molecule has 6 nitrogen and oxygen atoms in total. The molecule has 0 aromatic heterocycles. The summed E-state index contributed by atoms with van der Waals surface area (Å²) < 4.78 is 5.78. The number of piperidine rings is 1. The Balaban J connectivity index is 1.55. The third-order valence-electron chi connectivity index (χ3n) is 7.67. The van der Waals surface area contributed by atoms with Crippen LogP contribution in [0, 0.1) is 11.8 Å². The average Bonchev–Trinajstić information content (AvgIpc) is 3.27. The van der Waals surface area contributed by atoms with E-state index in [2.05, 4.69) is 10.2 Å². The number of carbonyl (C=O) groups is 2. The van der Waals surface area contributed by atoms with E-state index in [1.165, 1.54) is 4.90 Å². The largest absolute Gasteiger partial charge is 0.380 e. The summed E-state index contributed by atoms with van der Waals surface area (Å²) in [5, 5.41) is 4.15. The van der Waals surface area contributed by atoms with Gasteiger partial charge in [-0.25, -0.2) is 9.69 Å². The molecule has 2 aliphatic heterocycles. The quantitative estimate of drug-likeness (QED) is 0.790. The SMILES string of the molecule is COC1CCCC2C1NCC1C(=O)N(c3cccc(Cl)c3)C(=O)N(C3CCCC3)C12. The van der Waals surface area contributed by atoms with Crippen molar-refractivity contribution in [1.29, 1.82) is 0 Å². The first-order chi connectivity index (χ1) is 14.6. The summed E-state index contributed by atoms with van der Waals surface area (Å²) in [6, 6.07) is 7.27. The number of halogens is 1. The fourth-order valence-electron chi connectivity index (χ4n) is 6.37. The third kappa shape index (κ3) is 3.24. The Hall–Kier alpha value is -1.63. The van der Waals surface area contributed by atoms with Crippen LogP contribution in [0.5, 0.6) is 0 Å². The Morgan fingerprint density at radius 2 is 1.90 bits per heavy atom. The van der Waals surface area contributed by atoms with Gasteiger partial charge in [-0.15, -0.1) is 0 Å². The number of benzene rings is 1. The van der Waals surface area contributed by atoms with Crippen molar-refractivity contribution in [3.8, 4) is 0 Å². The predicted octanol–water partition coefficient (Wildman–Crippen LogP) is 3.82. The van der Waals surface area contributed by atoms with Crippen molar-refractivity contribution < 1.29 is 14.3 Å². The van der Waals surface area contributed by atoms with Gasteiger partial charge < -0.3 is 15.0 Å². The highest BCUT2D eigenvalue weighted by atomic mass is 35.5. The van der Waals surface area contributed by atoms with E-state index < -0.39 is 0 Å². The molecule has 0 radical (unpaired) electrons. The summed E-state index contributed by atoms with van der Waals surface area (Å²) in [4.78, 5) is 31.0. The molecule has 2 saturated carbocycles. The average molecular weight is 432 g/mol. The topological polar surface area (TPSA) is 61.9 Å². The number of rotatable bonds is 3. The number of fused-ring (bicyclic) bond motifs is 3. The molecule has 1 aromatic carbocycles. The molecule has 30 heavy (non-hydrogen) atoms. The highest BCUT2D eigenvalue weighted by Gasteiger charge is 2.56. The number of hydrogen-bond donors (Lipinski definition) is 1. The first kappa shape index (κ1) is 20.3. The van der Waals surface area contributed by atoms with Crippen LogP contribution >= 0.6 is 11.6 Å². The highest BCUT2D eigenvalue weighted by Crippen LogP contribution is 2.44. The summed E-state index contributed by atoms with van der Waals surface area (Å²) in [7, 11) is 1.77. The molecule has 7 heteroatoms. The van der Waals surface area contributed by atoms with Gasteiger partial charge in [0.15, 0.2) is 0 Å². The summed E-state index contributed by atoms with van der Waals surface area (Å²) >= 11 is 6.19. The van der Waals surface area contributed by atoms with Crippen LogP contribution in [0.15, 0.2) is 24.3 Å². The fourth-order valence-corrected chi connectivity index (χ4v) is 6.56. The number of urea groups is 1. The van der Waals surface area contributed by atoms with Gasteiger partial charge >= 0.3 is 6.03 Å². The van der Waals surface area contributed by atoms with E-state index in [1.807, 2.05) is 0 Å². The van der Waals surface area contributed by atoms with Crippen molar-refractivity contribution >= 4 is 29.2 Å². The Labute approximate surface area is 182 Å². The molecule has 162 valence electrons. The number of methoxy groups -OCH3 is 1. The summed E-state index contributed by atoms with van der Waals surface area (Å²) in [6.07, 6.45) is 7.60. The van der Waals surface area contributed by atoms with Gasteiger partial charge in [0.2, 0.25) is 5.91 Å². The molecule has 2 aliphatic carbocycles. The first-order valence-corrected chi connectivity index (χ1v) is 11.7. The number of imide groups is 1. The Kier molecular flexibility index (Phi) is 5.50. The maximum Gasteiger partial charge on any atom is 0.331 e. The molecular formula is C23H30ClN3O3. The number of nitrogens with zero attached hydrogens (tertiary/aromatic N) is 2. The maximum atomic E-state index is 13.9. The van der Waals surface area contributed by atoms with Gasteiger partial charge in [-0.1, -0.05) is 36.9 Å². The van der Waals surface area contributed by atoms with E-state index in [1.54, 1.807) is 31.4 Å². The highest BCUT2D eigenvalue weighted by molar-refractivity contribution is 6.31. The molecule has 1 aromatic rings. The first-order valence-electron chi connectivity index (χ1n) is 11.3. The van der Waals surface area contributed by atoms with E-state index in [-0.39, 0.29) is 48.0 Å². The Morgan fingerprint density at radius 3 is 2.63 bits per heavy atom. The summed E-state index contributed by atoms with van der Waals surface area (Å²) in [5.74, 6) is -0.0939. The molecule has 5 atom stereocenters. The molecule has 2 heterocycles. The monoisotopic (exact) mass is 431 g/mol. The van der Waals surface area contributed by atoms with E-state index >= 15 is 0 Å². The summed E-state index contributed by atoms with van der Waals surface area (Å²) in [6.45, 7) is 0.581. The zero-order valence-corrected chi connectivity index (χ0v) is 18.2. The number of hydrogen-bond acceptors (Lipinski definition) is 4. The lowest BCUT2D eigenvalue weighted by Gasteiger charge is -2.56. The van der Waals surface area contributed by atoms with Gasteiger partial charge in [0.05, 0.1) is 23.8 Å². The maximum absolute atomic E-state index is 13.9. The number of ether oxygens (including phenoxy) is 1. The number of anilines is 1. The van der Waals surface area contributed by atoms with E-state index in [0.717, 1.165) is 44.9 Å². The molecule has 5 rings (SSSR count). The molecule has 5 unspecified atom stereocenters. The minimum absolute atomic E-state index is 0.0484. The normalized spacial score (nSPS) is 34.8. The second kappa shape index (κ2) is 8.13. The van der Waals surface area contributed by atoms with Crippen molar-refractivity contribution in [2.45, 2.75) is 69.2 Å². The van der Waals surface area contributed by atoms with Crippen LogP contribution in [0.1, 0.15) is 44.9 Å². The van der Waals surface area contributed by atoms with Gasteiger partial charge in [-0.2, -0.15) is 0 Å². The van der Waals surface area contributed by atoms with Gasteiger partial charge in [0.25, 0.3) is 0 Å². The van der Waals surface area contributed by atoms with Crippen LogP contribution in [0.3, 0.4) is 0 Å². The molecule has 0 spiro atoms. The molecule has 2 saturated heterocycles. The minimum Gasteiger partial charge on any atom is -0.380 e. The second-order valence-corrected chi connectivity index (χ2v) is 9.62. The standard InChI is InChI=1S/C23H30ClN3O3/c1-30-19-11-5-10-17-20(19)25-13-18-21(17)26(15-7-2-3-8-15)23(29)27(22(18)28)16-9-4-6-14(24)12-16/h4,6,9,12,15,17-21,25H,2-3,5,7-8,10-11,13H2,1H3. The Bertz CT molecular complexity index is 828. The van der Waals surface area contributed by atoms with Crippen molar-refractivity contribution in [3.05, 3.63) is 29.3 Å². The lowest BCUT2D eigenvalue weighted by molar-refractivity contribution is -0.131. The predicted molar refractivity (Wildman–Crippen MR) is 116 cm³/mol. The Morgan fingerprint density at radius 1 is 1.10 bits per heavy atom. The molecule has 3 amide bonds. The van der Waals surface area contributed by atoms with Crippen molar-refractivity contribution in [2.75, 3.05) is 18.6 Å². The lowest BCUT2D eigenvalue weighted by atomic mass is 9.69. The molecule has 4 fully saturated rings. The van der Waals surface area contributed by atoms with Crippen LogP contribution in [-0.2, 0) is 9.53 Å². The van der Waals surface area contributed by atoms with E-state index in [4.69, 9.17) is 16.3 Å².